The molecule has 2 rings (SSSR count). The number of nitrogens with zero attached hydrogens (tertiary/aromatic N) is 1. The second-order valence-corrected chi connectivity index (χ2v) is 4.42. The molecule has 0 unspecified atom stereocenters. The van der Waals surface area contributed by atoms with E-state index >= 15 is 0 Å². The first-order valence-electron chi connectivity index (χ1n) is 6.68. The van der Waals surface area contributed by atoms with E-state index in [1.807, 2.05) is 0 Å². The smallest absolute Gasteiger partial charge is 0.315 e. The molecule has 0 bridgehead atoms. The summed E-state index contributed by atoms with van der Waals surface area (Å²) in [6.07, 6.45) is 3.18. The molecule has 0 spiro atoms. The van der Waals surface area contributed by atoms with Gasteiger partial charge < -0.3 is 15.4 Å². The van der Waals surface area contributed by atoms with Gasteiger partial charge in [0.1, 0.15) is 11.6 Å². The van der Waals surface area contributed by atoms with Crippen LogP contribution in [0.25, 0.3) is 0 Å². The lowest BCUT2D eigenvalue weighted by molar-refractivity contribution is 0.241. The highest BCUT2D eigenvalue weighted by Gasteiger charge is 2.02. The summed E-state index contributed by atoms with van der Waals surface area (Å²) in [5.74, 6) is 0.358. The van der Waals surface area contributed by atoms with Crippen LogP contribution in [0.2, 0.25) is 0 Å². The number of nitrogens with one attached hydrogen (secondary N) is 2. The van der Waals surface area contributed by atoms with Crippen molar-refractivity contribution in [1.82, 2.24) is 15.6 Å². The van der Waals surface area contributed by atoms with Gasteiger partial charge in [0, 0.05) is 31.4 Å². The first-order valence-corrected chi connectivity index (χ1v) is 6.68. The van der Waals surface area contributed by atoms with Gasteiger partial charge in [0.25, 0.3) is 0 Å². The van der Waals surface area contributed by atoms with E-state index in [0.29, 0.717) is 24.7 Å². The standard InChI is InChI=1S/C16H16FN3O2/c1-2-8-18-16(21)20-11-12-6-7-15(19-10-12)22-14-5-3-4-13(17)9-14/h2-7,9-10H,1,8,11H2,(H2,18,20,21). The van der Waals surface area contributed by atoms with Gasteiger partial charge in [-0.15, -0.1) is 6.58 Å². The summed E-state index contributed by atoms with van der Waals surface area (Å²) in [5, 5.41) is 5.29. The number of amides is 2. The summed E-state index contributed by atoms with van der Waals surface area (Å²) < 4.78 is 18.5. The van der Waals surface area contributed by atoms with Crippen LogP contribution in [-0.2, 0) is 6.54 Å². The lowest BCUT2D eigenvalue weighted by atomic mass is 10.3. The van der Waals surface area contributed by atoms with Crippen molar-refractivity contribution >= 4 is 6.03 Å². The zero-order valence-corrected chi connectivity index (χ0v) is 11.9. The first kappa shape index (κ1) is 15.5. The summed E-state index contributed by atoms with van der Waals surface area (Å²) in [4.78, 5) is 15.5. The van der Waals surface area contributed by atoms with E-state index in [-0.39, 0.29) is 11.8 Å². The van der Waals surface area contributed by atoms with Crippen LogP contribution in [0.5, 0.6) is 11.6 Å². The van der Waals surface area contributed by atoms with Crippen molar-refractivity contribution in [3.8, 4) is 11.6 Å². The molecule has 2 aromatic rings. The van der Waals surface area contributed by atoms with Crippen LogP contribution in [0, 0.1) is 5.82 Å². The Morgan fingerprint density at radius 1 is 1.32 bits per heavy atom. The molecule has 22 heavy (non-hydrogen) atoms. The summed E-state index contributed by atoms with van der Waals surface area (Å²) >= 11 is 0. The van der Waals surface area contributed by atoms with Crippen LogP contribution in [0.4, 0.5) is 9.18 Å². The fourth-order valence-electron chi connectivity index (χ4n) is 1.64. The Morgan fingerprint density at radius 2 is 2.18 bits per heavy atom. The maximum atomic E-state index is 13.0. The Bertz CT molecular complexity index is 644. The minimum absolute atomic E-state index is 0.278. The van der Waals surface area contributed by atoms with Gasteiger partial charge in [-0.1, -0.05) is 18.2 Å². The predicted molar refractivity (Wildman–Crippen MR) is 81.1 cm³/mol. The Balaban J connectivity index is 1.87. The molecule has 0 saturated heterocycles. The van der Waals surface area contributed by atoms with Gasteiger partial charge >= 0.3 is 6.03 Å². The molecule has 114 valence electrons. The Hall–Kier alpha value is -2.89. The van der Waals surface area contributed by atoms with Crippen LogP contribution in [-0.4, -0.2) is 17.6 Å². The van der Waals surface area contributed by atoms with Crippen molar-refractivity contribution in [1.29, 1.82) is 0 Å². The van der Waals surface area contributed by atoms with Gasteiger partial charge in [-0.2, -0.15) is 0 Å². The summed E-state index contributed by atoms with van der Waals surface area (Å²) in [6.45, 7) is 4.26. The van der Waals surface area contributed by atoms with E-state index in [1.54, 1.807) is 36.5 Å². The highest BCUT2D eigenvalue weighted by molar-refractivity contribution is 5.73. The van der Waals surface area contributed by atoms with Gasteiger partial charge in [-0.3, -0.25) is 0 Å². The zero-order chi connectivity index (χ0) is 15.8. The fraction of sp³-hybridized carbons (Fsp3) is 0.125. The number of hydrogen-bond acceptors (Lipinski definition) is 3. The third-order valence-corrected chi connectivity index (χ3v) is 2.68. The molecule has 0 radical (unpaired) electrons. The normalized spacial score (nSPS) is 9.86. The third kappa shape index (κ3) is 4.90. The van der Waals surface area contributed by atoms with Gasteiger partial charge in [0.05, 0.1) is 0 Å². The number of hydrogen-bond donors (Lipinski definition) is 2. The number of rotatable bonds is 6. The average molecular weight is 301 g/mol. The maximum absolute atomic E-state index is 13.0. The topological polar surface area (TPSA) is 63.2 Å². The molecular formula is C16H16FN3O2. The summed E-state index contributed by atoms with van der Waals surface area (Å²) in [7, 11) is 0. The molecule has 5 nitrogen and oxygen atoms in total. The van der Waals surface area contributed by atoms with Crippen molar-refractivity contribution in [2.45, 2.75) is 6.54 Å². The fourth-order valence-corrected chi connectivity index (χ4v) is 1.64. The number of benzene rings is 1. The lowest BCUT2D eigenvalue weighted by Gasteiger charge is -2.07. The number of carbonyl (C=O) groups is 1. The SMILES string of the molecule is C=CCNC(=O)NCc1ccc(Oc2cccc(F)c2)nc1. The van der Waals surface area contributed by atoms with Gasteiger partial charge in [0.2, 0.25) is 5.88 Å². The highest BCUT2D eigenvalue weighted by atomic mass is 19.1. The van der Waals surface area contributed by atoms with E-state index in [2.05, 4.69) is 22.2 Å². The number of halogens is 1. The molecule has 0 fully saturated rings. The van der Waals surface area contributed by atoms with Gasteiger partial charge in [0.15, 0.2) is 0 Å². The van der Waals surface area contributed by atoms with Crippen molar-refractivity contribution < 1.29 is 13.9 Å². The lowest BCUT2D eigenvalue weighted by Crippen LogP contribution is -2.34. The van der Waals surface area contributed by atoms with Crippen molar-refractivity contribution in [2.75, 3.05) is 6.54 Å². The van der Waals surface area contributed by atoms with Gasteiger partial charge in [-0.25, -0.2) is 14.2 Å². The predicted octanol–water partition coefficient (Wildman–Crippen LogP) is 3.00. The van der Waals surface area contributed by atoms with Crippen LogP contribution < -0.4 is 15.4 Å². The van der Waals surface area contributed by atoms with E-state index in [9.17, 15) is 9.18 Å². The van der Waals surface area contributed by atoms with Crippen LogP contribution in [0.15, 0.2) is 55.3 Å². The van der Waals surface area contributed by atoms with Crippen LogP contribution in [0.1, 0.15) is 5.56 Å². The molecule has 0 aliphatic rings. The van der Waals surface area contributed by atoms with E-state index < -0.39 is 0 Å². The van der Waals surface area contributed by atoms with Crippen molar-refractivity contribution in [3.05, 3.63) is 66.6 Å². The number of aromatic nitrogens is 1. The van der Waals surface area contributed by atoms with E-state index in [0.717, 1.165) is 5.56 Å². The zero-order valence-electron chi connectivity index (χ0n) is 11.9. The number of ether oxygens (including phenoxy) is 1. The molecule has 2 amide bonds. The second kappa shape index (κ2) is 7.78. The molecule has 1 heterocycles. The highest BCUT2D eigenvalue weighted by Crippen LogP contribution is 2.19. The Labute approximate surface area is 127 Å². The molecule has 2 N–H and O–H groups in total. The van der Waals surface area contributed by atoms with Crippen LogP contribution >= 0.6 is 0 Å². The molecule has 1 aromatic heterocycles. The largest absolute Gasteiger partial charge is 0.439 e. The average Bonchev–Trinajstić information content (AvgIpc) is 2.52. The Morgan fingerprint density at radius 3 is 2.86 bits per heavy atom. The number of carbonyl (C=O) groups excluding carboxylic acids is 1. The molecular weight excluding hydrogens is 285 g/mol. The quantitative estimate of drug-likeness (QED) is 0.806. The monoisotopic (exact) mass is 301 g/mol. The van der Waals surface area contributed by atoms with Gasteiger partial charge in [-0.05, 0) is 17.7 Å². The first-order chi connectivity index (χ1) is 10.7. The Kier molecular flexibility index (Phi) is 5.48. The maximum Gasteiger partial charge on any atom is 0.315 e. The molecule has 0 saturated carbocycles. The molecule has 1 aromatic carbocycles. The van der Waals surface area contributed by atoms with E-state index in [4.69, 9.17) is 4.74 Å². The molecule has 6 heteroatoms. The number of pyridine rings is 1. The molecule has 0 atom stereocenters. The number of urea groups is 1. The van der Waals surface area contributed by atoms with E-state index in [1.165, 1.54) is 12.1 Å². The third-order valence-electron chi connectivity index (χ3n) is 2.68. The van der Waals surface area contributed by atoms with Crippen molar-refractivity contribution in [3.63, 3.8) is 0 Å². The second-order valence-electron chi connectivity index (χ2n) is 4.42. The minimum Gasteiger partial charge on any atom is -0.439 e. The van der Waals surface area contributed by atoms with Crippen molar-refractivity contribution in [2.24, 2.45) is 0 Å². The molecule has 0 aliphatic carbocycles. The summed E-state index contributed by atoms with van der Waals surface area (Å²) in [6, 6.07) is 8.97. The summed E-state index contributed by atoms with van der Waals surface area (Å²) in [5.41, 5.74) is 0.820. The van der Waals surface area contributed by atoms with Crippen LogP contribution in [0.3, 0.4) is 0 Å². The molecule has 0 aliphatic heterocycles. The minimum atomic E-state index is -0.371.